The molecule has 1 fully saturated rings. The Morgan fingerprint density at radius 1 is 1.55 bits per heavy atom. The number of Topliss-reactive ketones (excluding diaryl/α,β-unsaturated/α-hetero) is 1. The number of ketones is 1. The Balaban J connectivity index is 2.65. The van der Waals surface area contributed by atoms with Gasteiger partial charge in [-0.05, 0) is 26.7 Å². The SMILES string of the molecule is CC(=N)N1CCC[C@H]1C(C)=O. The van der Waals surface area contributed by atoms with Crippen molar-refractivity contribution in [3.63, 3.8) is 0 Å². The maximum Gasteiger partial charge on any atom is 0.152 e. The van der Waals surface area contributed by atoms with Gasteiger partial charge >= 0.3 is 0 Å². The minimum absolute atomic E-state index is 0.00694. The predicted molar refractivity (Wildman–Crippen MR) is 43.8 cm³/mol. The number of likely N-dealkylation sites (tertiary alicyclic amines) is 1. The third kappa shape index (κ3) is 1.59. The van der Waals surface area contributed by atoms with Crippen LogP contribution in [-0.2, 0) is 4.79 Å². The van der Waals surface area contributed by atoms with Crippen LogP contribution in [-0.4, -0.2) is 29.1 Å². The van der Waals surface area contributed by atoms with Gasteiger partial charge in [0.15, 0.2) is 5.78 Å². The van der Waals surface area contributed by atoms with Crippen LogP contribution in [0.4, 0.5) is 0 Å². The van der Waals surface area contributed by atoms with Gasteiger partial charge in [0.2, 0.25) is 0 Å². The van der Waals surface area contributed by atoms with Crippen molar-refractivity contribution in [3.05, 3.63) is 0 Å². The third-order valence-electron chi connectivity index (χ3n) is 2.15. The molecule has 0 bridgehead atoms. The Hall–Kier alpha value is -0.860. The Labute approximate surface area is 66.9 Å². The molecule has 1 aliphatic heterocycles. The van der Waals surface area contributed by atoms with E-state index in [0.29, 0.717) is 5.84 Å². The number of nitrogens with one attached hydrogen (secondary N) is 1. The van der Waals surface area contributed by atoms with Crippen LogP contribution in [0.25, 0.3) is 0 Å². The highest BCUT2D eigenvalue weighted by Crippen LogP contribution is 2.17. The molecule has 0 saturated carbocycles. The molecule has 1 atom stereocenters. The largest absolute Gasteiger partial charge is 0.351 e. The van der Waals surface area contributed by atoms with E-state index in [4.69, 9.17) is 5.41 Å². The molecule has 0 radical (unpaired) electrons. The first-order valence-electron chi connectivity index (χ1n) is 3.95. The molecule has 3 nitrogen and oxygen atoms in total. The monoisotopic (exact) mass is 154 g/mol. The van der Waals surface area contributed by atoms with Gasteiger partial charge in [0.05, 0.1) is 11.9 Å². The first kappa shape index (κ1) is 8.24. The number of hydrogen-bond donors (Lipinski definition) is 1. The molecular formula is C8H14N2O. The summed E-state index contributed by atoms with van der Waals surface area (Å²) in [7, 11) is 0. The van der Waals surface area contributed by atoms with E-state index in [1.54, 1.807) is 13.8 Å². The summed E-state index contributed by atoms with van der Waals surface area (Å²) in [6.45, 7) is 4.22. The zero-order valence-electron chi connectivity index (χ0n) is 7.05. The van der Waals surface area contributed by atoms with Crippen LogP contribution in [0.5, 0.6) is 0 Å². The summed E-state index contributed by atoms with van der Waals surface area (Å²) in [6, 6.07) is -0.00694. The van der Waals surface area contributed by atoms with Crippen LogP contribution >= 0.6 is 0 Å². The molecule has 1 aliphatic rings. The number of carbonyl (C=O) groups excluding carboxylic acids is 1. The van der Waals surface area contributed by atoms with Crippen molar-refractivity contribution in [2.24, 2.45) is 0 Å². The molecule has 11 heavy (non-hydrogen) atoms. The molecule has 62 valence electrons. The first-order valence-corrected chi connectivity index (χ1v) is 3.95. The lowest BCUT2D eigenvalue weighted by Gasteiger charge is -2.22. The minimum Gasteiger partial charge on any atom is -0.351 e. The summed E-state index contributed by atoms with van der Waals surface area (Å²) in [5.41, 5.74) is 0. The van der Waals surface area contributed by atoms with Crippen LogP contribution in [0.2, 0.25) is 0 Å². The normalized spacial score (nSPS) is 23.8. The Kier molecular flexibility index (Phi) is 2.27. The standard InChI is InChI=1S/C8H14N2O/c1-6(11)8-4-3-5-10(8)7(2)9/h8-9H,3-5H2,1-2H3/t8-/m0/s1. The smallest absolute Gasteiger partial charge is 0.152 e. The Morgan fingerprint density at radius 2 is 2.18 bits per heavy atom. The molecule has 1 heterocycles. The summed E-state index contributed by atoms with van der Waals surface area (Å²) >= 11 is 0. The summed E-state index contributed by atoms with van der Waals surface area (Å²) in [4.78, 5) is 12.9. The van der Waals surface area contributed by atoms with Crippen molar-refractivity contribution in [1.29, 1.82) is 5.41 Å². The number of hydrogen-bond acceptors (Lipinski definition) is 2. The first-order chi connectivity index (χ1) is 5.13. The fourth-order valence-electron chi connectivity index (χ4n) is 1.59. The highest BCUT2D eigenvalue weighted by atomic mass is 16.1. The number of carbonyl (C=O) groups is 1. The molecule has 1 saturated heterocycles. The van der Waals surface area contributed by atoms with Crippen molar-refractivity contribution in [1.82, 2.24) is 4.90 Å². The quantitative estimate of drug-likeness (QED) is 0.453. The Bertz CT molecular complexity index is 169. The predicted octanol–water partition coefficient (Wildman–Crippen LogP) is 1.04. The van der Waals surface area contributed by atoms with Gasteiger partial charge in [-0.2, -0.15) is 0 Å². The van der Waals surface area contributed by atoms with Gasteiger partial charge < -0.3 is 4.90 Å². The molecule has 0 unspecified atom stereocenters. The lowest BCUT2D eigenvalue weighted by molar-refractivity contribution is -0.120. The maximum atomic E-state index is 11.0. The number of rotatable bonds is 1. The van der Waals surface area contributed by atoms with Crippen LogP contribution in [0, 0.1) is 5.41 Å². The molecule has 0 aliphatic carbocycles. The van der Waals surface area contributed by atoms with Crippen molar-refractivity contribution < 1.29 is 4.79 Å². The van der Waals surface area contributed by atoms with Gasteiger partial charge in [-0.1, -0.05) is 0 Å². The van der Waals surface area contributed by atoms with E-state index in [0.717, 1.165) is 19.4 Å². The fourth-order valence-corrected chi connectivity index (χ4v) is 1.59. The van der Waals surface area contributed by atoms with E-state index in [1.165, 1.54) is 0 Å². The van der Waals surface area contributed by atoms with Gasteiger partial charge in [-0.25, -0.2) is 0 Å². The van der Waals surface area contributed by atoms with Crippen LogP contribution in [0.3, 0.4) is 0 Å². The fraction of sp³-hybridized carbons (Fsp3) is 0.750. The van der Waals surface area contributed by atoms with E-state index in [1.807, 2.05) is 4.90 Å². The molecule has 0 spiro atoms. The van der Waals surface area contributed by atoms with Gasteiger partial charge in [0.1, 0.15) is 0 Å². The summed E-state index contributed by atoms with van der Waals surface area (Å²) < 4.78 is 0. The zero-order valence-corrected chi connectivity index (χ0v) is 7.05. The molecule has 0 amide bonds. The Morgan fingerprint density at radius 3 is 2.55 bits per heavy atom. The highest BCUT2D eigenvalue weighted by Gasteiger charge is 2.27. The average Bonchev–Trinajstić information content (AvgIpc) is 2.32. The van der Waals surface area contributed by atoms with E-state index in [-0.39, 0.29) is 11.8 Å². The highest BCUT2D eigenvalue weighted by molar-refractivity contribution is 5.88. The zero-order chi connectivity index (χ0) is 8.43. The topological polar surface area (TPSA) is 44.2 Å². The van der Waals surface area contributed by atoms with Crippen LogP contribution in [0.15, 0.2) is 0 Å². The van der Waals surface area contributed by atoms with Crippen LogP contribution in [0.1, 0.15) is 26.7 Å². The van der Waals surface area contributed by atoms with Gasteiger partial charge in [-0.3, -0.25) is 10.2 Å². The number of nitrogens with zero attached hydrogens (tertiary/aromatic N) is 1. The van der Waals surface area contributed by atoms with E-state index in [9.17, 15) is 4.79 Å². The average molecular weight is 154 g/mol. The summed E-state index contributed by atoms with van der Waals surface area (Å²) in [6.07, 6.45) is 1.96. The molecule has 0 aromatic rings. The van der Waals surface area contributed by atoms with Crippen LogP contribution < -0.4 is 0 Å². The van der Waals surface area contributed by atoms with Crippen molar-refractivity contribution in [2.75, 3.05) is 6.54 Å². The van der Waals surface area contributed by atoms with Crippen molar-refractivity contribution in [2.45, 2.75) is 32.7 Å². The van der Waals surface area contributed by atoms with E-state index < -0.39 is 0 Å². The van der Waals surface area contributed by atoms with Gasteiger partial charge in [0.25, 0.3) is 0 Å². The summed E-state index contributed by atoms with van der Waals surface area (Å²) in [5.74, 6) is 0.705. The molecule has 0 aromatic heterocycles. The van der Waals surface area contributed by atoms with E-state index in [2.05, 4.69) is 0 Å². The molecule has 1 rings (SSSR count). The van der Waals surface area contributed by atoms with E-state index >= 15 is 0 Å². The van der Waals surface area contributed by atoms with Crippen molar-refractivity contribution >= 4 is 11.6 Å². The lowest BCUT2D eigenvalue weighted by atomic mass is 10.1. The lowest BCUT2D eigenvalue weighted by Crippen LogP contribution is -2.37. The maximum absolute atomic E-state index is 11.0. The van der Waals surface area contributed by atoms with Gasteiger partial charge in [-0.15, -0.1) is 0 Å². The molecule has 1 N–H and O–H groups in total. The van der Waals surface area contributed by atoms with Crippen molar-refractivity contribution in [3.8, 4) is 0 Å². The summed E-state index contributed by atoms with van der Waals surface area (Å²) in [5, 5.41) is 7.39. The molecule has 3 heteroatoms. The number of amidine groups is 1. The third-order valence-corrected chi connectivity index (χ3v) is 2.15. The second kappa shape index (κ2) is 3.03. The second-order valence-corrected chi connectivity index (χ2v) is 3.05. The second-order valence-electron chi connectivity index (χ2n) is 3.05. The molecule has 0 aromatic carbocycles. The van der Waals surface area contributed by atoms with Gasteiger partial charge in [0, 0.05) is 6.54 Å². The minimum atomic E-state index is -0.00694. The molecular weight excluding hydrogens is 140 g/mol.